The maximum Gasteiger partial charge on any atom is 0.271 e. The van der Waals surface area contributed by atoms with E-state index < -0.39 is 0 Å². The van der Waals surface area contributed by atoms with Crippen molar-refractivity contribution in [3.8, 4) is 0 Å². The lowest BCUT2D eigenvalue weighted by atomic mass is 10.2. The first-order valence-corrected chi connectivity index (χ1v) is 5.29. The van der Waals surface area contributed by atoms with Crippen molar-refractivity contribution in [3.63, 3.8) is 0 Å². The lowest BCUT2D eigenvalue weighted by Gasteiger charge is -2.13. The van der Waals surface area contributed by atoms with Gasteiger partial charge < -0.3 is 11.1 Å². The van der Waals surface area contributed by atoms with Crippen LogP contribution in [0.15, 0.2) is 6.20 Å². The lowest BCUT2D eigenvalue weighted by molar-refractivity contribution is 0.0950. The van der Waals surface area contributed by atoms with Crippen molar-refractivity contribution >= 4 is 11.6 Å². The summed E-state index contributed by atoms with van der Waals surface area (Å²) in [5.41, 5.74) is 6.70. The van der Waals surface area contributed by atoms with E-state index in [4.69, 9.17) is 5.73 Å². The zero-order valence-corrected chi connectivity index (χ0v) is 8.86. The van der Waals surface area contributed by atoms with Crippen molar-refractivity contribution < 1.29 is 4.79 Å². The van der Waals surface area contributed by atoms with Gasteiger partial charge in [-0.2, -0.15) is 5.10 Å². The average molecular weight is 208 g/mol. The van der Waals surface area contributed by atoms with Gasteiger partial charge in [0.05, 0.1) is 17.9 Å². The number of aromatic nitrogens is 2. The van der Waals surface area contributed by atoms with Gasteiger partial charge >= 0.3 is 0 Å². The SMILES string of the molecule is CNC(=O)c1c(N)cnn1C1CCCC1. The normalized spacial score (nSPS) is 16.9. The Bertz CT molecular complexity index is 365. The van der Waals surface area contributed by atoms with Crippen molar-refractivity contribution in [2.45, 2.75) is 31.7 Å². The van der Waals surface area contributed by atoms with Crippen LogP contribution in [0, 0.1) is 0 Å². The summed E-state index contributed by atoms with van der Waals surface area (Å²) in [5, 5.41) is 6.79. The zero-order valence-electron chi connectivity index (χ0n) is 8.86. The van der Waals surface area contributed by atoms with Gasteiger partial charge in [-0.25, -0.2) is 0 Å². The van der Waals surface area contributed by atoms with Crippen LogP contribution in [0.25, 0.3) is 0 Å². The van der Waals surface area contributed by atoms with E-state index in [2.05, 4.69) is 10.4 Å². The largest absolute Gasteiger partial charge is 0.396 e. The predicted molar refractivity (Wildman–Crippen MR) is 57.5 cm³/mol. The first-order valence-electron chi connectivity index (χ1n) is 5.29. The molecule has 1 aromatic heterocycles. The summed E-state index contributed by atoms with van der Waals surface area (Å²) in [5.74, 6) is -0.156. The van der Waals surface area contributed by atoms with Gasteiger partial charge in [0.2, 0.25) is 0 Å². The molecule has 0 unspecified atom stereocenters. The number of nitrogens with two attached hydrogens (primary N) is 1. The highest BCUT2D eigenvalue weighted by Gasteiger charge is 2.24. The number of carbonyl (C=O) groups excluding carboxylic acids is 1. The van der Waals surface area contributed by atoms with E-state index in [1.54, 1.807) is 17.9 Å². The molecule has 0 spiro atoms. The van der Waals surface area contributed by atoms with E-state index in [9.17, 15) is 4.79 Å². The quantitative estimate of drug-likeness (QED) is 0.759. The number of carbonyl (C=O) groups is 1. The fourth-order valence-corrected chi connectivity index (χ4v) is 2.15. The van der Waals surface area contributed by atoms with Crippen LogP contribution in [0.1, 0.15) is 42.2 Å². The van der Waals surface area contributed by atoms with Crippen LogP contribution in [0.2, 0.25) is 0 Å². The van der Waals surface area contributed by atoms with E-state index in [0.717, 1.165) is 12.8 Å². The zero-order chi connectivity index (χ0) is 10.8. The van der Waals surface area contributed by atoms with Gasteiger partial charge in [-0.1, -0.05) is 12.8 Å². The first-order chi connectivity index (χ1) is 7.24. The number of rotatable bonds is 2. The van der Waals surface area contributed by atoms with Crippen LogP contribution < -0.4 is 11.1 Å². The molecule has 15 heavy (non-hydrogen) atoms. The summed E-state index contributed by atoms with van der Waals surface area (Å²) in [6, 6.07) is 0.342. The minimum absolute atomic E-state index is 0.156. The Morgan fingerprint density at radius 3 is 2.87 bits per heavy atom. The highest BCUT2D eigenvalue weighted by molar-refractivity contribution is 5.97. The molecule has 0 radical (unpaired) electrons. The minimum Gasteiger partial charge on any atom is -0.396 e. The van der Waals surface area contributed by atoms with E-state index >= 15 is 0 Å². The Kier molecular flexibility index (Phi) is 2.62. The number of amides is 1. The van der Waals surface area contributed by atoms with Crippen LogP contribution in [0.5, 0.6) is 0 Å². The molecule has 1 amide bonds. The second kappa shape index (κ2) is 3.92. The molecule has 1 saturated carbocycles. The van der Waals surface area contributed by atoms with E-state index in [-0.39, 0.29) is 5.91 Å². The summed E-state index contributed by atoms with van der Waals surface area (Å²) in [4.78, 5) is 11.6. The highest BCUT2D eigenvalue weighted by Crippen LogP contribution is 2.31. The Balaban J connectivity index is 2.34. The molecule has 1 heterocycles. The predicted octanol–water partition coefficient (Wildman–Crippen LogP) is 0.940. The molecular weight excluding hydrogens is 192 g/mol. The van der Waals surface area contributed by atoms with Crippen molar-refractivity contribution in [2.75, 3.05) is 12.8 Å². The number of anilines is 1. The molecule has 1 aliphatic carbocycles. The third-order valence-corrected chi connectivity index (χ3v) is 2.94. The molecule has 1 aromatic rings. The molecule has 5 heteroatoms. The first kappa shape index (κ1) is 10.0. The molecule has 0 aromatic carbocycles. The summed E-state index contributed by atoms with van der Waals surface area (Å²) < 4.78 is 1.78. The monoisotopic (exact) mass is 208 g/mol. The molecule has 0 saturated heterocycles. The Morgan fingerprint density at radius 1 is 1.60 bits per heavy atom. The molecule has 5 nitrogen and oxygen atoms in total. The van der Waals surface area contributed by atoms with Crippen LogP contribution in [-0.2, 0) is 0 Å². The van der Waals surface area contributed by atoms with Gasteiger partial charge in [-0.3, -0.25) is 9.48 Å². The van der Waals surface area contributed by atoms with Crippen molar-refractivity contribution in [1.82, 2.24) is 15.1 Å². The van der Waals surface area contributed by atoms with Gasteiger partial charge in [-0.05, 0) is 12.8 Å². The van der Waals surface area contributed by atoms with Gasteiger partial charge in [-0.15, -0.1) is 0 Å². The van der Waals surface area contributed by atoms with Crippen molar-refractivity contribution in [2.24, 2.45) is 0 Å². The standard InChI is InChI=1S/C10H16N4O/c1-12-10(15)9-8(11)6-13-14(9)7-4-2-3-5-7/h6-7H,2-5,11H2,1H3,(H,12,15). The molecule has 3 N–H and O–H groups in total. The maximum atomic E-state index is 11.6. The Morgan fingerprint density at radius 2 is 2.27 bits per heavy atom. The molecule has 1 fully saturated rings. The van der Waals surface area contributed by atoms with E-state index in [0.29, 0.717) is 17.4 Å². The number of nitrogens with one attached hydrogen (secondary N) is 1. The fourth-order valence-electron chi connectivity index (χ4n) is 2.15. The third kappa shape index (κ3) is 1.69. The van der Waals surface area contributed by atoms with Crippen molar-refractivity contribution in [3.05, 3.63) is 11.9 Å². The van der Waals surface area contributed by atoms with Crippen LogP contribution >= 0.6 is 0 Å². The molecule has 2 rings (SSSR count). The molecule has 0 atom stereocenters. The number of nitrogen functional groups attached to an aromatic ring is 1. The number of nitrogens with zero attached hydrogens (tertiary/aromatic N) is 2. The van der Waals surface area contributed by atoms with Crippen LogP contribution in [0.3, 0.4) is 0 Å². The van der Waals surface area contributed by atoms with Gasteiger partial charge in [0.1, 0.15) is 5.69 Å². The van der Waals surface area contributed by atoms with Crippen molar-refractivity contribution in [1.29, 1.82) is 0 Å². The minimum atomic E-state index is -0.156. The number of hydrogen-bond acceptors (Lipinski definition) is 3. The molecule has 0 bridgehead atoms. The van der Waals surface area contributed by atoms with E-state index in [1.807, 2.05) is 0 Å². The fraction of sp³-hybridized carbons (Fsp3) is 0.600. The molecular formula is C10H16N4O. The second-order valence-electron chi connectivity index (χ2n) is 3.91. The van der Waals surface area contributed by atoms with E-state index in [1.165, 1.54) is 12.8 Å². The van der Waals surface area contributed by atoms with Crippen LogP contribution in [-0.4, -0.2) is 22.7 Å². The number of hydrogen-bond donors (Lipinski definition) is 2. The maximum absolute atomic E-state index is 11.6. The molecule has 82 valence electrons. The topological polar surface area (TPSA) is 72.9 Å². The summed E-state index contributed by atoms with van der Waals surface area (Å²) in [6.07, 6.45) is 6.15. The lowest BCUT2D eigenvalue weighted by Crippen LogP contribution is -2.24. The molecule has 1 aliphatic rings. The van der Waals surface area contributed by atoms with Gasteiger partial charge in [0.15, 0.2) is 0 Å². The Hall–Kier alpha value is -1.52. The van der Waals surface area contributed by atoms with Gasteiger partial charge in [0, 0.05) is 7.05 Å². The highest BCUT2D eigenvalue weighted by atomic mass is 16.1. The summed E-state index contributed by atoms with van der Waals surface area (Å²) >= 11 is 0. The third-order valence-electron chi connectivity index (χ3n) is 2.94. The van der Waals surface area contributed by atoms with Gasteiger partial charge in [0.25, 0.3) is 5.91 Å². The molecule has 0 aliphatic heterocycles. The smallest absolute Gasteiger partial charge is 0.271 e. The Labute approximate surface area is 88.6 Å². The second-order valence-corrected chi connectivity index (χ2v) is 3.91. The average Bonchev–Trinajstić information content (AvgIpc) is 2.85. The summed E-state index contributed by atoms with van der Waals surface area (Å²) in [6.45, 7) is 0. The summed E-state index contributed by atoms with van der Waals surface area (Å²) in [7, 11) is 1.60. The van der Waals surface area contributed by atoms with Crippen LogP contribution in [0.4, 0.5) is 5.69 Å².